The number of halogens is 3. The lowest BCUT2D eigenvalue weighted by molar-refractivity contribution is -0.137. The van der Waals surface area contributed by atoms with Crippen molar-refractivity contribution in [1.82, 2.24) is 0 Å². The van der Waals surface area contributed by atoms with Gasteiger partial charge in [-0.25, -0.2) is 0 Å². The van der Waals surface area contributed by atoms with Crippen LogP contribution in [0, 0.1) is 0 Å². The highest BCUT2D eigenvalue weighted by atomic mass is 19.4. The second-order valence-electron chi connectivity index (χ2n) is 4.80. The molecule has 0 aromatic heterocycles. The Morgan fingerprint density at radius 3 is 2.45 bits per heavy atom. The number of anilines is 1. The Balaban J connectivity index is 2.98. The Morgan fingerprint density at radius 1 is 1.25 bits per heavy atom. The molecular formula is C15H22F3NO. The summed E-state index contributed by atoms with van der Waals surface area (Å²) in [5.41, 5.74) is -0.548. The third-order valence-electron chi connectivity index (χ3n) is 3.29. The highest BCUT2D eigenvalue weighted by Crippen LogP contribution is 2.37. The van der Waals surface area contributed by atoms with Crippen molar-refractivity contribution in [3.05, 3.63) is 23.8 Å². The van der Waals surface area contributed by atoms with Crippen molar-refractivity contribution in [3.63, 3.8) is 0 Å². The average molecular weight is 289 g/mol. The van der Waals surface area contributed by atoms with E-state index in [4.69, 9.17) is 4.74 Å². The van der Waals surface area contributed by atoms with Crippen LogP contribution in [0.4, 0.5) is 18.9 Å². The molecule has 1 atom stereocenters. The zero-order valence-electron chi connectivity index (χ0n) is 12.2. The van der Waals surface area contributed by atoms with E-state index in [2.05, 4.69) is 12.2 Å². The molecule has 20 heavy (non-hydrogen) atoms. The van der Waals surface area contributed by atoms with Crippen molar-refractivity contribution in [1.29, 1.82) is 0 Å². The minimum Gasteiger partial charge on any atom is -0.497 e. The van der Waals surface area contributed by atoms with E-state index in [-0.39, 0.29) is 17.5 Å². The van der Waals surface area contributed by atoms with E-state index in [1.165, 1.54) is 13.2 Å². The monoisotopic (exact) mass is 289 g/mol. The van der Waals surface area contributed by atoms with Gasteiger partial charge in [-0.2, -0.15) is 13.2 Å². The first-order valence-electron chi connectivity index (χ1n) is 6.94. The predicted molar refractivity (Wildman–Crippen MR) is 75.2 cm³/mol. The lowest BCUT2D eigenvalue weighted by Gasteiger charge is -2.22. The largest absolute Gasteiger partial charge is 0.497 e. The summed E-state index contributed by atoms with van der Waals surface area (Å²) < 4.78 is 44.1. The number of nitrogens with one attached hydrogen (secondary N) is 1. The first-order valence-corrected chi connectivity index (χ1v) is 6.94. The van der Waals surface area contributed by atoms with Crippen LogP contribution >= 0.6 is 0 Å². The SMILES string of the molecule is CCCCC(CC)Nc1ccc(OC)cc1C(F)(F)F. The lowest BCUT2D eigenvalue weighted by atomic mass is 10.1. The molecule has 0 saturated carbocycles. The van der Waals surface area contributed by atoms with E-state index in [1.807, 2.05) is 6.92 Å². The topological polar surface area (TPSA) is 21.3 Å². The van der Waals surface area contributed by atoms with Crippen molar-refractivity contribution in [2.75, 3.05) is 12.4 Å². The van der Waals surface area contributed by atoms with Gasteiger partial charge in [-0.15, -0.1) is 0 Å². The Labute approximate surface area is 118 Å². The molecule has 1 unspecified atom stereocenters. The summed E-state index contributed by atoms with van der Waals surface area (Å²) in [7, 11) is 1.36. The number of alkyl halides is 3. The number of benzene rings is 1. The minimum absolute atomic E-state index is 0.0597. The van der Waals surface area contributed by atoms with Gasteiger partial charge in [-0.05, 0) is 31.0 Å². The molecular weight excluding hydrogens is 267 g/mol. The first kappa shape index (κ1) is 16.7. The number of hydrogen-bond acceptors (Lipinski definition) is 2. The molecule has 0 aliphatic carbocycles. The molecule has 0 amide bonds. The molecule has 114 valence electrons. The van der Waals surface area contributed by atoms with Gasteiger partial charge < -0.3 is 10.1 Å². The van der Waals surface area contributed by atoms with E-state index in [0.29, 0.717) is 0 Å². The van der Waals surface area contributed by atoms with Crippen LogP contribution < -0.4 is 10.1 Å². The molecule has 1 aromatic carbocycles. The zero-order valence-corrected chi connectivity index (χ0v) is 12.2. The first-order chi connectivity index (χ1) is 9.42. The van der Waals surface area contributed by atoms with Crippen molar-refractivity contribution >= 4 is 5.69 Å². The molecule has 0 radical (unpaired) electrons. The van der Waals surface area contributed by atoms with E-state index >= 15 is 0 Å². The summed E-state index contributed by atoms with van der Waals surface area (Å²) in [4.78, 5) is 0. The highest BCUT2D eigenvalue weighted by Gasteiger charge is 2.34. The summed E-state index contributed by atoms with van der Waals surface area (Å²) in [5, 5.41) is 3.01. The molecule has 0 saturated heterocycles. The maximum atomic E-state index is 13.1. The van der Waals surface area contributed by atoms with Crippen molar-refractivity contribution in [3.8, 4) is 5.75 Å². The van der Waals surface area contributed by atoms with Gasteiger partial charge in [0.2, 0.25) is 0 Å². The molecule has 0 fully saturated rings. The normalized spacial score (nSPS) is 13.1. The Kier molecular flexibility index (Phi) is 6.17. The average Bonchev–Trinajstić information content (AvgIpc) is 2.42. The van der Waals surface area contributed by atoms with Gasteiger partial charge in [0.25, 0.3) is 0 Å². The molecule has 1 N–H and O–H groups in total. The quantitative estimate of drug-likeness (QED) is 0.754. The number of ether oxygens (including phenoxy) is 1. The summed E-state index contributed by atoms with van der Waals surface area (Å²) in [6.45, 7) is 4.05. The predicted octanol–water partition coefficient (Wildman–Crippen LogP) is 5.09. The fourth-order valence-corrected chi connectivity index (χ4v) is 2.06. The lowest BCUT2D eigenvalue weighted by Crippen LogP contribution is -2.21. The standard InChI is InChI=1S/C15H22F3NO/c1-4-6-7-11(5-2)19-14-9-8-12(20-3)10-13(14)15(16,17)18/h8-11,19H,4-7H2,1-3H3. The molecule has 1 rings (SSSR count). The second kappa shape index (κ2) is 7.41. The van der Waals surface area contributed by atoms with Gasteiger partial charge in [-0.1, -0.05) is 26.7 Å². The molecule has 0 heterocycles. The number of hydrogen-bond donors (Lipinski definition) is 1. The third kappa shape index (κ3) is 4.62. The summed E-state index contributed by atoms with van der Waals surface area (Å²) in [5.74, 6) is 0.212. The number of methoxy groups -OCH3 is 1. The molecule has 2 nitrogen and oxygen atoms in total. The molecule has 0 aliphatic heterocycles. The second-order valence-corrected chi connectivity index (χ2v) is 4.80. The summed E-state index contributed by atoms with van der Waals surface area (Å²) in [6.07, 6.45) is -0.685. The molecule has 0 aliphatic rings. The van der Waals surface area contributed by atoms with E-state index in [1.54, 1.807) is 6.07 Å². The number of rotatable bonds is 7. The highest BCUT2D eigenvalue weighted by molar-refractivity contribution is 5.56. The maximum Gasteiger partial charge on any atom is 0.418 e. The van der Waals surface area contributed by atoms with Crippen molar-refractivity contribution in [2.24, 2.45) is 0 Å². The molecule has 0 bridgehead atoms. The van der Waals surface area contributed by atoms with E-state index in [9.17, 15) is 13.2 Å². The van der Waals surface area contributed by atoms with Crippen LogP contribution in [0.1, 0.15) is 45.1 Å². The van der Waals surface area contributed by atoms with Crippen molar-refractivity contribution in [2.45, 2.75) is 51.7 Å². The van der Waals surface area contributed by atoms with Gasteiger partial charge in [0, 0.05) is 11.7 Å². The number of unbranched alkanes of at least 4 members (excludes halogenated alkanes) is 1. The van der Waals surface area contributed by atoms with Crippen LogP contribution in [-0.2, 0) is 6.18 Å². The van der Waals surface area contributed by atoms with E-state index in [0.717, 1.165) is 31.7 Å². The Hall–Kier alpha value is -1.39. The van der Waals surface area contributed by atoms with Gasteiger partial charge >= 0.3 is 6.18 Å². The van der Waals surface area contributed by atoms with Crippen LogP contribution in [0.5, 0.6) is 5.75 Å². The van der Waals surface area contributed by atoms with Gasteiger partial charge in [-0.3, -0.25) is 0 Å². The summed E-state index contributed by atoms with van der Waals surface area (Å²) in [6, 6.07) is 4.08. The van der Waals surface area contributed by atoms with Crippen LogP contribution in [0.15, 0.2) is 18.2 Å². The molecule has 1 aromatic rings. The van der Waals surface area contributed by atoms with Crippen LogP contribution in [0.2, 0.25) is 0 Å². The summed E-state index contributed by atoms with van der Waals surface area (Å²) >= 11 is 0. The third-order valence-corrected chi connectivity index (χ3v) is 3.29. The smallest absolute Gasteiger partial charge is 0.418 e. The van der Waals surface area contributed by atoms with Gasteiger partial charge in [0.1, 0.15) is 5.75 Å². The fourth-order valence-electron chi connectivity index (χ4n) is 2.06. The van der Waals surface area contributed by atoms with Crippen molar-refractivity contribution < 1.29 is 17.9 Å². The Morgan fingerprint density at radius 2 is 1.95 bits per heavy atom. The van der Waals surface area contributed by atoms with Gasteiger partial charge in [0.15, 0.2) is 0 Å². The van der Waals surface area contributed by atoms with E-state index < -0.39 is 11.7 Å². The Bertz CT molecular complexity index is 418. The minimum atomic E-state index is -4.39. The molecule has 0 spiro atoms. The van der Waals surface area contributed by atoms with Crippen LogP contribution in [-0.4, -0.2) is 13.2 Å². The fraction of sp³-hybridized carbons (Fsp3) is 0.600. The van der Waals surface area contributed by atoms with Crippen LogP contribution in [0.25, 0.3) is 0 Å². The molecule has 5 heteroatoms. The maximum absolute atomic E-state index is 13.1. The van der Waals surface area contributed by atoms with Gasteiger partial charge in [0.05, 0.1) is 12.7 Å². The van der Waals surface area contributed by atoms with Crippen LogP contribution in [0.3, 0.4) is 0 Å². The zero-order chi connectivity index (χ0) is 15.2.